The van der Waals surface area contributed by atoms with Gasteiger partial charge in [-0.1, -0.05) is 55.7 Å². The van der Waals surface area contributed by atoms with Crippen LogP contribution in [0.4, 0.5) is 11.4 Å². The minimum atomic E-state index is -0.251. The topological polar surface area (TPSA) is 67.4 Å². The highest BCUT2D eigenvalue weighted by molar-refractivity contribution is 5.95. The number of anilines is 2. The maximum absolute atomic E-state index is 12.4. The van der Waals surface area contributed by atoms with Crippen LogP contribution in [-0.2, 0) is 9.59 Å². The molecule has 1 aliphatic rings. The number of amides is 2. The molecule has 1 fully saturated rings. The summed E-state index contributed by atoms with van der Waals surface area (Å²) in [5.74, 6) is 0.557. The molecule has 4 rings (SSSR count). The molecule has 5 heteroatoms. The van der Waals surface area contributed by atoms with Crippen molar-refractivity contribution in [2.75, 3.05) is 17.2 Å². The largest absolute Gasteiger partial charge is 0.484 e. The summed E-state index contributed by atoms with van der Waals surface area (Å²) in [5, 5.41) is 8.00. The summed E-state index contributed by atoms with van der Waals surface area (Å²) in [7, 11) is 0. The first kappa shape index (κ1) is 20.0. The van der Waals surface area contributed by atoms with E-state index in [1.807, 2.05) is 54.6 Å². The van der Waals surface area contributed by atoms with E-state index in [2.05, 4.69) is 10.6 Å². The first-order valence-corrected chi connectivity index (χ1v) is 10.5. The van der Waals surface area contributed by atoms with Crippen molar-refractivity contribution in [2.45, 2.75) is 32.1 Å². The standard InChI is InChI=1S/C25H26N2O3/c28-24(17-30-23-14-13-18-7-4-5-10-20(18)15-23)26-21-11-6-12-22(16-21)27-25(29)19-8-2-1-3-9-19/h4-7,10-16,19H,1-3,8-9,17H2,(H,26,28)(H,27,29). The molecule has 3 aromatic carbocycles. The van der Waals surface area contributed by atoms with Gasteiger partial charge >= 0.3 is 0 Å². The molecule has 3 aromatic rings. The molecule has 5 nitrogen and oxygen atoms in total. The van der Waals surface area contributed by atoms with Crippen LogP contribution in [-0.4, -0.2) is 18.4 Å². The number of carbonyl (C=O) groups is 2. The van der Waals surface area contributed by atoms with Gasteiger partial charge < -0.3 is 15.4 Å². The van der Waals surface area contributed by atoms with Gasteiger partial charge in [-0.05, 0) is 53.9 Å². The zero-order chi connectivity index (χ0) is 20.8. The van der Waals surface area contributed by atoms with Crippen LogP contribution in [0.15, 0.2) is 66.7 Å². The average Bonchev–Trinajstić information content (AvgIpc) is 2.78. The molecule has 0 radical (unpaired) electrons. The Morgan fingerprint density at radius 2 is 1.53 bits per heavy atom. The molecule has 2 amide bonds. The van der Waals surface area contributed by atoms with Crippen LogP contribution in [0.3, 0.4) is 0 Å². The lowest BCUT2D eigenvalue weighted by Crippen LogP contribution is -2.25. The van der Waals surface area contributed by atoms with Crippen LogP contribution in [0.25, 0.3) is 10.8 Å². The molecule has 0 aliphatic heterocycles. The van der Waals surface area contributed by atoms with E-state index >= 15 is 0 Å². The summed E-state index contributed by atoms with van der Waals surface area (Å²) >= 11 is 0. The Balaban J connectivity index is 1.31. The van der Waals surface area contributed by atoms with Crippen LogP contribution in [0, 0.1) is 5.92 Å². The third-order valence-electron chi connectivity index (χ3n) is 5.48. The third-order valence-corrected chi connectivity index (χ3v) is 5.48. The van der Waals surface area contributed by atoms with Crippen molar-refractivity contribution in [3.8, 4) is 5.75 Å². The van der Waals surface area contributed by atoms with Crippen LogP contribution < -0.4 is 15.4 Å². The van der Waals surface area contributed by atoms with Crippen molar-refractivity contribution < 1.29 is 14.3 Å². The minimum absolute atomic E-state index is 0.0674. The number of nitrogens with one attached hydrogen (secondary N) is 2. The van der Waals surface area contributed by atoms with Crippen LogP contribution in [0.1, 0.15) is 32.1 Å². The minimum Gasteiger partial charge on any atom is -0.484 e. The molecule has 2 N–H and O–H groups in total. The Morgan fingerprint density at radius 1 is 0.800 bits per heavy atom. The van der Waals surface area contributed by atoms with Gasteiger partial charge in [-0.25, -0.2) is 0 Å². The number of ether oxygens (including phenoxy) is 1. The molecule has 0 saturated heterocycles. The fourth-order valence-electron chi connectivity index (χ4n) is 3.89. The maximum Gasteiger partial charge on any atom is 0.262 e. The molecule has 0 atom stereocenters. The second-order valence-corrected chi connectivity index (χ2v) is 7.75. The Kier molecular flexibility index (Phi) is 6.28. The summed E-state index contributed by atoms with van der Waals surface area (Å²) in [4.78, 5) is 24.7. The Hall–Kier alpha value is -3.34. The summed E-state index contributed by atoms with van der Waals surface area (Å²) in [6.45, 7) is -0.0863. The monoisotopic (exact) mass is 402 g/mol. The summed E-state index contributed by atoms with van der Waals surface area (Å²) in [5.41, 5.74) is 1.32. The van der Waals surface area contributed by atoms with Gasteiger partial charge in [-0.15, -0.1) is 0 Å². The van der Waals surface area contributed by atoms with Gasteiger partial charge in [0, 0.05) is 17.3 Å². The SMILES string of the molecule is O=C(COc1ccc2ccccc2c1)Nc1cccc(NC(=O)C2CCCCC2)c1. The number of fused-ring (bicyclic) bond motifs is 1. The van der Waals surface area contributed by atoms with Gasteiger partial charge in [0.05, 0.1) is 0 Å². The maximum atomic E-state index is 12.4. The lowest BCUT2D eigenvalue weighted by molar-refractivity contribution is -0.120. The lowest BCUT2D eigenvalue weighted by atomic mass is 9.88. The van der Waals surface area contributed by atoms with Gasteiger partial charge in [-0.2, -0.15) is 0 Å². The zero-order valence-electron chi connectivity index (χ0n) is 16.9. The molecular formula is C25H26N2O3. The first-order valence-electron chi connectivity index (χ1n) is 10.5. The van der Waals surface area contributed by atoms with Crippen LogP contribution in [0.5, 0.6) is 5.75 Å². The van der Waals surface area contributed by atoms with E-state index in [1.165, 1.54) is 6.42 Å². The Bertz CT molecular complexity index is 1040. The predicted octanol–water partition coefficient (Wildman–Crippen LogP) is 5.38. The molecule has 1 aliphatic carbocycles. The Morgan fingerprint density at radius 3 is 2.33 bits per heavy atom. The highest BCUT2D eigenvalue weighted by atomic mass is 16.5. The molecule has 0 bridgehead atoms. The quantitative estimate of drug-likeness (QED) is 0.582. The molecule has 1 saturated carbocycles. The fourth-order valence-corrected chi connectivity index (χ4v) is 3.89. The van der Waals surface area contributed by atoms with Gasteiger partial charge in [0.1, 0.15) is 5.75 Å². The first-order chi connectivity index (χ1) is 14.7. The molecule has 0 spiro atoms. The van der Waals surface area contributed by atoms with E-state index in [1.54, 1.807) is 12.1 Å². The van der Waals surface area contributed by atoms with Gasteiger partial charge in [0.25, 0.3) is 5.91 Å². The van der Waals surface area contributed by atoms with Crippen molar-refractivity contribution in [2.24, 2.45) is 5.92 Å². The highest BCUT2D eigenvalue weighted by Gasteiger charge is 2.21. The third kappa shape index (κ3) is 5.17. The van der Waals surface area contributed by atoms with Gasteiger partial charge in [-0.3, -0.25) is 9.59 Å². The second kappa shape index (κ2) is 9.44. The molecule has 154 valence electrons. The number of hydrogen-bond donors (Lipinski definition) is 2. The summed E-state index contributed by atoms with van der Waals surface area (Å²) < 4.78 is 5.64. The lowest BCUT2D eigenvalue weighted by Gasteiger charge is -2.20. The highest BCUT2D eigenvalue weighted by Crippen LogP contribution is 2.25. The zero-order valence-corrected chi connectivity index (χ0v) is 16.9. The van der Waals surface area contributed by atoms with Gasteiger partial charge in [0.2, 0.25) is 5.91 Å². The van der Waals surface area contributed by atoms with Crippen molar-refractivity contribution in [3.63, 3.8) is 0 Å². The second-order valence-electron chi connectivity index (χ2n) is 7.75. The molecule has 0 aromatic heterocycles. The van der Waals surface area contributed by atoms with Crippen molar-refractivity contribution in [1.29, 1.82) is 0 Å². The molecule has 0 heterocycles. The van der Waals surface area contributed by atoms with Gasteiger partial charge in [0.15, 0.2) is 6.61 Å². The van der Waals surface area contributed by atoms with E-state index < -0.39 is 0 Å². The summed E-state index contributed by atoms with van der Waals surface area (Å²) in [6.07, 6.45) is 5.35. The van der Waals surface area contributed by atoms with E-state index in [0.29, 0.717) is 17.1 Å². The van der Waals surface area contributed by atoms with Crippen molar-refractivity contribution in [1.82, 2.24) is 0 Å². The molecule has 0 unspecified atom stereocenters. The average molecular weight is 402 g/mol. The van der Waals surface area contributed by atoms with Crippen molar-refractivity contribution in [3.05, 3.63) is 66.7 Å². The number of hydrogen-bond acceptors (Lipinski definition) is 3. The molecular weight excluding hydrogens is 376 g/mol. The fraction of sp³-hybridized carbons (Fsp3) is 0.280. The number of carbonyl (C=O) groups excluding carboxylic acids is 2. The number of rotatable bonds is 6. The van der Waals surface area contributed by atoms with E-state index in [-0.39, 0.29) is 24.3 Å². The normalized spacial score (nSPS) is 14.3. The summed E-state index contributed by atoms with van der Waals surface area (Å²) in [6, 6.07) is 21.0. The molecule has 30 heavy (non-hydrogen) atoms. The van der Waals surface area contributed by atoms with Crippen LogP contribution in [0.2, 0.25) is 0 Å². The Labute approximate surface area is 176 Å². The van der Waals surface area contributed by atoms with Crippen LogP contribution >= 0.6 is 0 Å². The van der Waals surface area contributed by atoms with E-state index in [9.17, 15) is 9.59 Å². The van der Waals surface area contributed by atoms with Crippen molar-refractivity contribution >= 4 is 34.0 Å². The predicted molar refractivity (Wildman–Crippen MR) is 120 cm³/mol. The van der Waals surface area contributed by atoms with E-state index in [4.69, 9.17) is 4.74 Å². The smallest absolute Gasteiger partial charge is 0.262 e. The van der Waals surface area contributed by atoms with E-state index in [0.717, 1.165) is 36.5 Å². The number of benzene rings is 3.